The Labute approximate surface area is 216 Å². The minimum atomic E-state index is -0.418. The highest BCUT2D eigenvalue weighted by atomic mass is 16.5. The van der Waals surface area contributed by atoms with E-state index in [-0.39, 0.29) is 22.0 Å². The molecule has 0 bridgehead atoms. The predicted molar refractivity (Wildman–Crippen MR) is 149 cm³/mol. The van der Waals surface area contributed by atoms with Gasteiger partial charge in [0.2, 0.25) is 0 Å². The molecule has 36 heavy (non-hydrogen) atoms. The summed E-state index contributed by atoms with van der Waals surface area (Å²) in [6, 6.07) is 19.7. The van der Waals surface area contributed by atoms with Crippen LogP contribution in [0.2, 0.25) is 0 Å². The molecule has 0 unspecified atom stereocenters. The van der Waals surface area contributed by atoms with Crippen LogP contribution in [0.4, 0.5) is 0 Å². The molecule has 0 aliphatic heterocycles. The van der Waals surface area contributed by atoms with Gasteiger partial charge in [0.05, 0.1) is 12.7 Å². The molecule has 3 aromatic carbocycles. The Bertz CT molecular complexity index is 1240. The Morgan fingerprint density at radius 1 is 0.583 bits per heavy atom. The molecule has 0 fully saturated rings. The molecular formula is C33H40O3. The zero-order valence-corrected chi connectivity index (χ0v) is 23.5. The molecule has 0 radical (unpaired) electrons. The molecule has 0 amide bonds. The minimum absolute atomic E-state index is 0.0325. The lowest BCUT2D eigenvalue weighted by molar-refractivity contribution is 0.0600. The number of hydrogen-bond acceptors (Lipinski definition) is 3. The maximum Gasteiger partial charge on any atom is 0.337 e. The van der Waals surface area contributed by atoms with E-state index in [0.717, 1.165) is 16.7 Å². The smallest absolute Gasteiger partial charge is 0.337 e. The molecule has 0 saturated carbocycles. The SMILES string of the molecule is COC(=O)c1ccc(C(=O)c2cc(C(C)(C)C)ccc2-c2cc(C(C)(C)C)cc(C(C)(C)C)c2)cc1. The van der Waals surface area contributed by atoms with Crippen molar-refractivity contribution in [3.05, 3.63) is 94.0 Å². The molecule has 0 aliphatic carbocycles. The van der Waals surface area contributed by atoms with Crippen molar-refractivity contribution < 1.29 is 14.3 Å². The molecule has 0 heterocycles. The summed E-state index contributed by atoms with van der Waals surface area (Å²) < 4.78 is 4.80. The monoisotopic (exact) mass is 484 g/mol. The number of methoxy groups -OCH3 is 1. The van der Waals surface area contributed by atoms with Crippen molar-refractivity contribution in [3.63, 3.8) is 0 Å². The van der Waals surface area contributed by atoms with Gasteiger partial charge in [-0.2, -0.15) is 0 Å². The van der Waals surface area contributed by atoms with E-state index >= 15 is 0 Å². The fourth-order valence-electron chi connectivity index (χ4n) is 4.13. The van der Waals surface area contributed by atoms with Crippen LogP contribution in [0.5, 0.6) is 0 Å². The molecule has 0 saturated heterocycles. The summed E-state index contributed by atoms with van der Waals surface area (Å²) in [5.74, 6) is -0.482. The van der Waals surface area contributed by atoms with Crippen molar-refractivity contribution >= 4 is 11.8 Å². The van der Waals surface area contributed by atoms with Gasteiger partial charge in [-0.15, -0.1) is 0 Å². The molecule has 3 nitrogen and oxygen atoms in total. The summed E-state index contributed by atoms with van der Waals surface area (Å²) in [5, 5.41) is 0. The highest BCUT2D eigenvalue weighted by molar-refractivity contribution is 6.13. The molecule has 190 valence electrons. The zero-order valence-electron chi connectivity index (χ0n) is 23.5. The summed E-state index contributed by atoms with van der Waals surface area (Å²) in [4.78, 5) is 25.8. The van der Waals surface area contributed by atoms with E-state index in [1.54, 1.807) is 24.3 Å². The maximum atomic E-state index is 13.9. The zero-order chi connectivity index (χ0) is 27.1. The highest BCUT2D eigenvalue weighted by Crippen LogP contribution is 2.37. The second kappa shape index (κ2) is 9.69. The van der Waals surface area contributed by atoms with E-state index < -0.39 is 5.97 Å². The lowest BCUT2D eigenvalue weighted by atomic mass is 9.77. The summed E-state index contributed by atoms with van der Waals surface area (Å²) in [7, 11) is 1.35. The maximum absolute atomic E-state index is 13.9. The molecule has 3 rings (SSSR count). The number of ketones is 1. The second-order valence-electron chi connectivity index (χ2n) is 12.7. The lowest BCUT2D eigenvalue weighted by Crippen LogP contribution is -2.17. The molecular weight excluding hydrogens is 444 g/mol. The number of benzene rings is 3. The van der Waals surface area contributed by atoms with Crippen molar-refractivity contribution in [2.45, 2.75) is 78.6 Å². The summed E-state index contributed by atoms with van der Waals surface area (Å²) >= 11 is 0. The van der Waals surface area contributed by atoms with Gasteiger partial charge in [0.1, 0.15) is 0 Å². The van der Waals surface area contributed by atoms with E-state index in [0.29, 0.717) is 16.7 Å². The van der Waals surface area contributed by atoms with Gasteiger partial charge in [0.25, 0.3) is 0 Å². The van der Waals surface area contributed by atoms with E-state index in [4.69, 9.17) is 4.74 Å². The lowest BCUT2D eigenvalue weighted by Gasteiger charge is -2.27. The Balaban J connectivity index is 2.26. The molecule has 0 atom stereocenters. The van der Waals surface area contributed by atoms with Gasteiger partial charge in [0.15, 0.2) is 5.78 Å². The normalized spacial score (nSPS) is 12.4. The van der Waals surface area contributed by atoms with Crippen LogP contribution >= 0.6 is 0 Å². The standard InChI is InChI=1S/C33H40O3/c1-31(2,3)24-15-16-27(23-17-25(32(4,5)6)19-26(18-23)33(7,8)9)28(20-24)29(34)21-11-13-22(14-12-21)30(35)36-10/h11-20H,1-10H3. The number of carbonyl (C=O) groups excluding carboxylic acids is 2. The van der Waals surface area contributed by atoms with E-state index in [1.165, 1.54) is 18.2 Å². The largest absolute Gasteiger partial charge is 0.465 e. The van der Waals surface area contributed by atoms with Gasteiger partial charge >= 0.3 is 5.97 Å². The van der Waals surface area contributed by atoms with Gasteiger partial charge in [0, 0.05) is 11.1 Å². The van der Waals surface area contributed by atoms with Crippen molar-refractivity contribution in [3.8, 4) is 11.1 Å². The third-order valence-corrected chi connectivity index (χ3v) is 6.67. The molecule has 0 aliphatic rings. The van der Waals surface area contributed by atoms with Crippen LogP contribution in [0.25, 0.3) is 11.1 Å². The number of carbonyl (C=O) groups is 2. The van der Waals surface area contributed by atoms with Crippen LogP contribution in [0.15, 0.2) is 60.7 Å². The van der Waals surface area contributed by atoms with Gasteiger partial charge < -0.3 is 4.74 Å². The van der Waals surface area contributed by atoms with Crippen LogP contribution in [0.1, 0.15) is 105 Å². The van der Waals surface area contributed by atoms with Gasteiger partial charge in [-0.3, -0.25) is 4.79 Å². The quantitative estimate of drug-likeness (QED) is 0.276. The third-order valence-electron chi connectivity index (χ3n) is 6.67. The van der Waals surface area contributed by atoms with Crippen molar-refractivity contribution in [2.24, 2.45) is 0 Å². The first kappa shape index (κ1) is 27.4. The van der Waals surface area contributed by atoms with E-state index in [1.807, 2.05) is 6.07 Å². The molecule has 0 aromatic heterocycles. The Kier molecular flexibility index (Phi) is 7.37. The van der Waals surface area contributed by atoms with E-state index in [9.17, 15) is 9.59 Å². The number of rotatable bonds is 4. The number of esters is 1. The molecule has 3 aromatic rings. The summed E-state index contributed by atoms with van der Waals surface area (Å²) in [6.45, 7) is 19.8. The van der Waals surface area contributed by atoms with Gasteiger partial charge in [-0.05, 0) is 62.3 Å². The average Bonchev–Trinajstić information content (AvgIpc) is 2.80. The van der Waals surface area contributed by atoms with Crippen LogP contribution in [-0.2, 0) is 21.0 Å². The average molecular weight is 485 g/mol. The summed E-state index contributed by atoms with van der Waals surface area (Å²) in [5.41, 5.74) is 7.00. The predicted octanol–water partition coefficient (Wildman–Crippen LogP) is 8.26. The van der Waals surface area contributed by atoms with Crippen molar-refractivity contribution in [2.75, 3.05) is 7.11 Å². The molecule has 0 spiro atoms. The van der Waals surface area contributed by atoms with Crippen LogP contribution < -0.4 is 0 Å². The van der Waals surface area contributed by atoms with Crippen LogP contribution in [-0.4, -0.2) is 18.9 Å². The fourth-order valence-corrected chi connectivity index (χ4v) is 4.13. The first-order chi connectivity index (χ1) is 16.5. The van der Waals surface area contributed by atoms with Gasteiger partial charge in [-0.25, -0.2) is 4.79 Å². The number of ether oxygens (including phenoxy) is 1. The Morgan fingerprint density at radius 3 is 1.50 bits per heavy atom. The van der Waals surface area contributed by atoms with Gasteiger partial charge in [-0.1, -0.05) is 105 Å². The first-order valence-electron chi connectivity index (χ1n) is 12.6. The third kappa shape index (κ3) is 5.95. The van der Waals surface area contributed by atoms with E-state index in [2.05, 4.69) is 92.6 Å². The van der Waals surface area contributed by atoms with Crippen LogP contribution in [0, 0.1) is 0 Å². The highest BCUT2D eigenvalue weighted by Gasteiger charge is 2.24. The van der Waals surface area contributed by atoms with Crippen molar-refractivity contribution in [1.29, 1.82) is 0 Å². The second-order valence-corrected chi connectivity index (χ2v) is 12.7. The number of hydrogen-bond donors (Lipinski definition) is 0. The van der Waals surface area contributed by atoms with Crippen molar-refractivity contribution in [1.82, 2.24) is 0 Å². The first-order valence-corrected chi connectivity index (χ1v) is 12.6. The molecule has 3 heteroatoms. The fraction of sp³-hybridized carbons (Fsp3) is 0.394. The molecule has 0 N–H and O–H groups in total. The summed E-state index contributed by atoms with van der Waals surface area (Å²) in [6.07, 6.45) is 0. The minimum Gasteiger partial charge on any atom is -0.465 e. The Hall–Kier alpha value is -3.20. The Morgan fingerprint density at radius 2 is 1.06 bits per heavy atom. The van der Waals surface area contributed by atoms with Crippen LogP contribution in [0.3, 0.4) is 0 Å². The topological polar surface area (TPSA) is 43.4 Å².